The molecule has 60 valence electrons. The minimum Gasteiger partial charge on any atom is -0.441 e. The van der Waals surface area contributed by atoms with Gasteiger partial charge in [0.2, 0.25) is 0 Å². The van der Waals surface area contributed by atoms with E-state index in [-0.39, 0.29) is 13.2 Å². The number of hydrogen-bond donors (Lipinski definition) is 0. The predicted octanol–water partition coefficient (Wildman–Crippen LogP) is -1.43. The summed E-state index contributed by atoms with van der Waals surface area (Å²) in [5.41, 5.74) is 0. The van der Waals surface area contributed by atoms with Crippen LogP contribution in [0.15, 0.2) is 0 Å². The lowest BCUT2D eigenvalue weighted by atomic mass is 10.8. The Morgan fingerprint density at radius 1 is 1.00 bits per heavy atom. The molecule has 2 aliphatic heterocycles. The molecule has 0 aliphatic carbocycles. The normalized spacial score (nSPS) is 27.3. The number of rotatable bonds is 0. The second kappa shape index (κ2) is 2.03. The molecular weight excluding hydrogens is 172 g/mol. The summed E-state index contributed by atoms with van der Waals surface area (Å²) in [6, 6.07) is 0. The Morgan fingerprint density at radius 2 is 1.45 bits per heavy atom. The van der Waals surface area contributed by atoms with Crippen molar-refractivity contribution < 1.29 is 27.3 Å². The first-order chi connectivity index (χ1) is 5.20. The van der Waals surface area contributed by atoms with Gasteiger partial charge in [0.25, 0.3) is 0 Å². The van der Waals surface area contributed by atoms with E-state index in [4.69, 9.17) is 8.85 Å². The van der Waals surface area contributed by atoms with Gasteiger partial charge in [0, 0.05) is 0 Å². The van der Waals surface area contributed by atoms with Gasteiger partial charge in [0.1, 0.15) is 13.2 Å². The van der Waals surface area contributed by atoms with Crippen LogP contribution in [0.3, 0.4) is 0 Å². The molecule has 0 radical (unpaired) electrons. The zero-order chi connectivity index (χ0) is 7.90. The molecule has 2 fully saturated rings. The van der Waals surface area contributed by atoms with Crippen LogP contribution in [0.2, 0.25) is 0 Å². The van der Waals surface area contributed by atoms with E-state index in [2.05, 4.69) is 8.85 Å². The second-order valence-electron chi connectivity index (χ2n) is 2.03. The number of carbonyl (C=O) groups is 2. The third-order valence-corrected chi connectivity index (χ3v) is 3.16. The zero-order valence-corrected chi connectivity index (χ0v) is 6.36. The van der Waals surface area contributed by atoms with Crippen LogP contribution in [0.1, 0.15) is 0 Å². The van der Waals surface area contributed by atoms with Crippen LogP contribution in [0, 0.1) is 0 Å². The van der Waals surface area contributed by atoms with Gasteiger partial charge < -0.3 is 17.7 Å². The van der Waals surface area contributed by atoms with E-state index in [1.165, 1.54) is 0 Å². The summed E-state index contributed by atoms with van der Waals surface area (Å²) >= 11 is 0. The molecule has 0 aromatic heterocycles. The summed E-state index contributed by atoms with van der Waals surface area (Å²) < 4.78 is 18.8. The van der Waals surface area contributed by atoms with Crippen molar-refractivity contribution in [2.24, 2.45) is 0 Å². The van der Waals surface area contributed by atoms with Crippen LogP contribution in [0.25, 0.3) is 0 Å². The predicted molar refractivity (Wildman–Crippen MR) is 29.8 cm³/mol. The molecular formula is C4H4O6Si. The summed E-state index contributed by atoms with van der Waals surface area (Å²) in [5, 5.41) is 0. The fraction of sp³-hybridized carbons (Fsp3) is 0.500. The van der Waals surface area contributed by atoms with Gasteiger partial charge in [-0.15, -0.1) is 0 Å². The molecule has 0 bridgehead atoms. The van der Waals surface area contributed by atoms with Crippen LogP contribution in [-0.4, -0.2) is 34.2 Å². The fourth-order valence-electron chi connectivity index (χ4n) is 0.813. The van der Waals surface area contributed by atoms with Gasteiger partial charge in [-0.2, -0.15) is 0 Å². The molecule has 11 heavy (non-hydrogen) atoms. The van der Waals surface area contributed by atoms with Gasteiger partial charge in [0.05, 0.1) is 0 Å². The Kier molecular flexibility index (Phi) is 1.25. The van der Waals surface area contributed by atoms with E-state index in [9.17, 15) is 9.59 Å². The Labute approximate surface area is 62.5 Å². The lowest BCUT2D eigenvalue weighted by Gasteiger charge is -2.08. The SMILES string of the molecule is O=C1CO[Si]2(OCC(=O)O2)O1. The number of carbonyl (C=O) groups excluding carboxylic acids is 2. The van der Waals surface area contributed by atoms with Gasteiger partial charge in [-0.1, -0.05) is 0 Å². The summed E-state index contributed by atoms with van der Waals surface area (Å²) in [4.78, 5) is 21.1. The molecule has 2 aliphatic rings. The molecule has 6 nitrogen and oxygen atoms in total. The average Bonchev–Trinajstić information content (AvgIpc) is 2.44. The highest BCUT2D eigenvalue weighted by molar-refractivity contribution is 6.60. The molecule has 0 amide bonds. The maximum Gasteiger partial charge on any atom is 0.825 e. The first kappa shape index (κ1) is 6.77. The quantitative estimate of drug-likeness (QED) is 0.421. The minimum absolute atomic E-state index is 0.195. The van der Waals surface area contributed by atoms with E-state index in [0.29, 0.717) is 0 Å². The maximum absolute atomic E-state index is 10.5. The van der Waals surface area contributed by atoms with Gasteiger partial charge in [-0.25, -0.2) is 0 Å². The number of hydrogen-bond acceptors (Lipinski definition) is 6. The van der Waals surface area contributed by atoms with Crippen LogP contribution in [0.4, 0.5) is 0 Å². The Bertz CT molecular complexity index is 201. The highest BCUT2D eigenvalue weighted by atomic mass is 28.4. The van der Waals surface area contributed by atoms with Gasteiger partial charge in [0.15, 0.2) is 0 Å². The summed E-state index contributed by atoms with van der Waals surface area (Å²) in [5.74, 6) is -1.10. The molecule has 0 aromatic carbocycles. The maximum atomic E-state index is 10.5. The molecule has 0 atom stereocenters. The molecule has 0 N–H and O–H groups in total. The molecule has 0 saturated carbocycles. The second-order valence-corrected chi connectivity index (χ2v) is 4.01. The Balaban J connectivity index is 2.13. The van der Waals surface area contributed by atoms with Crippen LogP contribution >= 0.6 is 0 Å². The Hall–Kier alpha value is -0.923. The molecule has 2 rings (SSSR count). The van der Waals surface area contributed by atoms with Crippen LogP contribution in [0.5, 0.6) is 0 Å². The molecule has 2 saturated heterocycles. The van der Waals surface area contributed by atoms with E-state index >= 15 is 0 Å². The highest BCUT2D eigenvalue weighted by Crippen LogP contribution is 2.22. The van der Waals surface area contributed by atoms with Crippen molar-refractivity contribution in [3.8, 4) is 0 Å². The zero-order valence-electron chi connectivity index (χ0n) is 5.36. The van der Waals surface area contributed by atoms with Crippen LogP contribution < -0.4 is 0 Å². The van der Waals surface area contributed by atoms with Gasteiger partial charge in [-0.3, -0.25) is 9.59 Å². The molecule has 1 spiro atoms. The topological polar surface area (TPSA) is 71.1 Å². The third kappa shape index (κ3) is 1.02. The van der Waals surface area contributed by atoms with Crippen molar-refractivity contribution >= 4 is 21.0 Å². The van der Waals surface area contributed by atoms with Gasteiger partial charge >= 0.3 is 21.0 Å². The van der Waals surface area contributed by atoms with Gasteiger partial charge in [-0.05, 0) is 0 Å². The van der Waals surface area contributed by atoms with Crippen molar-refractivity contribution in [1.82, 2.24) is 0 Å². The summed E-state index contributed by atoms with van der Waals surface area (Å²) in [6.45, 7) is -0.390. The highest BCUT2D eigenvalue weighted by Gasteiger charge is 2.63. The lowest BCUT2D eigenvalue weighted by Crippen LogP contribution is -2.39. The molecule has 7 heteroatoms. The van der Waals surface area contributed by atoms with E-state index < -0.39 is 21.0 Å². The third-order valence-electron chi connectivity index (χ3n) is 1.21. The average molecular weight is 176 g/mol. The molecule has 2 heterocycles. The largest absolute Gasteiger partial charge is 0.825 e. The minimum atomic E-state index is -3.29. The standard InChI is InChI=1S/C4H4O6Si/c5-3-1-7-11(9-3)8-2-4(6)10-11/h1-2H2. The first-order valence-electron chi connectivity index (χ1n) is 2.92. The first-order valence-corrected chi connectivity index (χ1v) is 4.55. The van der Waals surface area contributed by atoms with Crippen molar-refractivity contribution in [2.75, 3.05) is 13.2 Å². The monoisotopic (exact) mass is 176 g/mol. The van der Waals surface area contributed by atoms with Crippen molar-refractivity contribution in [3.63, 3.8) is 0 Å². The van der Waals surface area contributed by atoms with Crippen molar-refractivity contribution in [2.45, 2.75) is 0 Å². The van der Waals surface area contributed by atoms with E-state index in [1.807, 2.05) is 0 Å². The van der Waals surface area contributed by atoms with Crippen LogP contribution in [-0.2, 0) is 27.3 Å². The fourth-order valence-corrected chi connectivity index (χ4v) is 2.44. The Morgan fingerprint density at radius 3 is 1.73 bits per heavy atom. The molecule has 0 aromatic rings. The lowest BCUT2D eigenvalue weighted by molar-refractivity contribution is -0.135. The van der Waals surface area contributed by atoms with Crippen molar-refractivity contribution in [1.29, 1.82) is 0 Å². The molecule has 0 unspecified atom stereocenters. The smallest absolute Gasteiger partial charge is 0.441 e. The van der Waals surface area contributed by atoms with Crippen molar-refractivity contribution in [3.05, 3.63) is 0 Å². The van der Waals surface area contributed by atoms with E-state index in [0.717, 1.165) is 0 Å². The summed E-state index contributed by atoms with van der Waals surface area (Å²) in [7, 11) is -3.29. The summed E-state index contributed by atoms with van der Waals surface area (Å²) in [6.07, 6.45) is 0. The van der Waals surface area contributed by atoms with E-state index in [1.54, 1.807) is 0 Å².